The zero-order chi connectivity index (χ0) is 20.1. The van der Waals surface area contributed by atoms with E-state index in [2.05, 4.69) is 10.6 Å². The lowest BCUT2D eigenvalue weighted by Crippen LogP contribution is -2.30. The van der Waals surface area contributed by atoms with Gasteiger partial charge in [0.1, 0.15) is 5.70 Å². The molecule has 0 bridgehead atoms. The second-order valence-corrected chi connectivity index (χ2v) is 7.65. The van der Waals surface area contributed by atoms with E-state index >= 15 is 0 Å². The van der Waals surface area contributed by atoms with Crippen LogP contribution in [0.3, 0.4) is 0 Å². The second-order valence-electron chi connectivity index (χ2n) is 6.67. The van der Waals surface area contributed by atoms with E-state index in [-0.39, 0.29) is 17.5 Å². The summed E-state index contributed by atoms with van der Waals surface area (Å²) in [5.74, 6) is -0.677. The van der Waals surface area contributed by atoms with Gasteiger partial charge in [-0.15, -0.1) is 11.3 Å². The SMILES string of the molecule is Cc1cccc(C(=O)N/C(=C\c2cccs2)C(=O)Nc2ccc(C)cc2C)c1. The molecule has 3 aromatic rings. The van der Waals surface area contributed by atoms with Crippen LogP contribution in [0.4, 0.5) is 5.69 Å². The van der Waals surface area contributed by atoms with Crippen molar-refractivity contribution in [3.05, 3.63) is 92.8 Å². The highest BCUT2D eigenvalue weighted by molar-refractivity contribution is 7.10. The summed E-state index contributed by atoms with van der Waals surface area (Å²) in [4.78, 5) is 26.5. The van der Waals surface area contributed by atoms with Gasteiger partial charge in [-0.2, -0.15) is 0 Å². The smallest absolute Gasteiger partial charge is 0.272 e. The number of thiophene rings is 1. The molecule has 0 aliphatic rings. The van der Waals surface area contributed by atoms with Crippen molar-refractivity contribution >= 4 is 34.9 Å². The third kappa shape index (κ3) is 4.96. The molecule has 1 heterocycles. The van der Waals surface area contributed by atoms with Gasteiger partial charge in [-0.05, 0) is 62.1 Å². The van der Waals surface area contributed by atoms with E-state index in [4.69, 9.17) is 0 Å². The van der Waals surface area contributed by atoms with E-state index in [0.717, 1.165) is 27.3 Å². The van der Waals surface area contributed by atoms with Gasteiger partial charge in [0.25, 0.3) is 11.8 Å². The van der Waals surface area contributed by atoms with Gasteiger partial charge in [0.05, 0.1) is 0 Å². The maximum absolute atomic E-state index is 12.9. The number of benzene rings is 2. The number of carbonyl (C=O) groups excluding carboxylic acids is 2. The Bertz CT molecular complexity index is 1040. The molecule has 2 amide bonds. The Morgan fingerprint density at radius 1 is 0.929 bits per heavy atom. The van der Waals surface area contributed by atoms with Gasteiger partial charge in [-0.1, -0.05) is 41.5 Å². The van der Waals surface area contributed by atoms with E-state index in [1.807, 2.05) is 68.6 Å². The van der Waals surface area contributed by atoms with E-state index in [1.54, 1.807) is 18.2 Å². The van der Waals surface area contributed by atoms with Crippen LogP contribution in [-0.4, -0.2) is 11.8 Å². The summed E-state index contributed by atoms with van der Waals surface area (Å²) in [5.41, 5.74) is 4.51. The molecular formula is C23H22N2O2S. The fourth-order valence-corrected chi connectivity index (χ4v) is 3.46. The highest BCUT2D eigenvalue weighted by Gasteiger charge is 2.16. The van der Waals surface area contributed by atoms with E-state index in [9.17, 15) is 9.59 Å². The van der Waals surface area contributed by atoms with Crippen LogP contribution in [0.5, 0.6) is 0 Å². The van der Waals surface area contributed by atoms with Gasteiger partial charge in [0.15, 0.2) is 0 Å². The third-order valence-electron chi connectivity index (χ3n) is 4.23. The van der Waals surface area contributed by atoms with Gasteiger partial charge in [0, 0.05) is 16.1 Å². The molecular weight excluding hydrogens is 368 g/mol. The predicted octanol–water partition coefficient (Wildman–Crippen LogP) is 5.08. The monoisotopic (exact) mass is 390 g/mol. The summed E-state index contributed by atoms with van der Waals surface area (Å²) < 4.78 is 0. The molecule has 0 atom stereocenters. The summed E-state index contributed by atoms with van der Waals surface area (Å²) in [6.45, 7) is 5.87. The number of amides is 2. The highest BCUT2D eigenvalue weighted by atomic mass is 32.1. The Kier molecular flexibility index (Phi) is 6.06. The second kappa shape index (κ2) is 8.67. The van der Waals surface area contributed by atoms with Gasteiger partial charge in [0.2, 0.25) is 0 Å². The van der Waals surface area contributed by atoms with Gasteiger partial charge < -0.3 is 10.6 Å². The van der Waals surface area contributed by atoms with Crippen LogP contribution in [0.25, 0.3) is 6.08 Å². The van der Waals surface area contributed by atoms with E-state index in [1.165, 1.54) is 11.3 Å². The Balaban J connectivity index is 1.86. The fourth-order valence-electron chi connectivity index (χ4n) is 2.80. The minimum Gasteiger partial charge on any atom is -0.320 e. The Morgan fingerprint density at radius 2 is 1.71 bits per heavy atom. The zero-order valence-electron chi connectivity index (χ0n) is 16.1. The van der Waals surface area contributed by atoms with Crippen LogP contribution < -0.4 is 10.6 Å². The van der Waals surface area contributed by atoms with Gasteiger partial charge in [-0.3, -0.25) is 9.59 Å². The maximum Gasteiger partial charge on any atom is 0.272 e. The minimum absolute atomic E-state index is 0.203. The van der Waals surface area contributed by atoms with Crippen molar-refractivity contribution in [1.82, 2.24) is 5.32 Å². The van der Waals surface area contributed by atoms with Crippen molar-refractivity contribution < 1.29 is 9.59 Å². The molecule has 0 radical (unpaired) electrons. The number of hydrogen-bond acceptors (Lipinski definition) is 3. The molecule has 0 fully saturated rings. The van der Waals surface area contributed by atoms with Crippen molar-refractivity contribution in [3.8, 4) is 0 Å². The topological polar surface area (TPSA) is 58.2 Å². The molecule has 5 heteroatoms. The number of nitrogens with one attached hydrogen (secondary N) is 2. The van der Waals surface area contributed by atoms with Crippen molar-refractivity contribution in [3.63, 3.8) is 0 Å². The molecule has 3 rings (SSSR count). The van der Waals surface area contributed by atoms with Gasteiger partial charge >= 0.3 is 0 Å². The summed E-state index contributed by atoms with van der Waals surface area (Å²) in [6, 6.07) is 16.9. The predicted molar refractivity (Wildman–Crippen MR) is 115 cm³/mol. The van der Waals surface area contributed by atoms with Crippen LogP contribution in [0.15, 0.2) is 65.7 Å². The average molecular weight is 391 g/mol. The number of hydrogen-bond donors (Lipinski definition) is 2. The zero-order valence-corrected chi connectivity index (χ0v) is 16.9. The molecule has 28 heavy (non-hydrogen) atoms. The van der Waals surface area contributed by atoms with E-state index < -0.39 is 0 Å². The molecule has 0 spiro atoms. The summed E-state index contributed by atoms with van der Waals surface area (Å²) in [6.07, 6.45) is 1.69. The molecule has 0 aliphatic heterocycles. The van der Waals surface area contributed by atoms with Gasteiger partial charge in [-0.25, -0.2) is 0 Å². The molecule has 2 N–H and O–H groups in total. The van der Waals surface area contributed by atoms with Crippen molar-refractivity contribution in [1.29, 1.82) is 0 Å². The first-order valence-corrected chi connectivity index (χ1v) is 9.82. The molecule has 2 aromatic carbocycles. The lowest BCUT2D eigenvalue weighted by molar-refractivity contribution is -0.113. The molecule has 0 saturated heterocycles. The number of carbonyl (C=O) groups is 2. The Hall–Kier alpha value is -3.18. The minimum atomic E-state index is -0.360. The molecule has 1 aromatic heterocycles. The average Bonchev–Trinajstić information content (AvgIpc) is 3.16. The first-order valence-electron chi connectivity index (χ1n) is 8.94. The normalized spacial score (nSPS) is 11.2. The van der Waals surface area contributed by atoms with Crippen molar-refractivity contribution in [2.75, 3.05) is 5.32 Å². The number of aryl methyl sites for hydroxylation is 3. The van der Waals surface area contributed by atoms with Crippen molar-refractivity contribution in [2.45, 2.75) is 20.8 Å². The lowest BCUT2D eigenvalue weighted by atomic mass is 10.1. The molecule has 4 nitrogen and oxygen atoms in total. The highest BCUT2D eigenvalue weighted by Crippen LogP contribution is 2.18. The van der Waals surface area contributed by atoms with Crippen molar-refractivity contribution in [2.24, 2.45) is 0 Å². The number of anilines is 1. The standard InChI is InChI=1S/C23H22N2O2S/c1-15-6-4-7-18(13-15)22(26)25-21(14-19-8-5-11-28-19)23(27)24-20-10-9-16(2)12-17(20)3/h4-14H,1-3H3,(H,24,27)(H,25,26)/b21-14-. The van der Waals surface area contributed by atoms with Crippen LogP contribution in [0.1, 0.15) is 31.9 Å². The Morgan fingerprint density at radius 3 is 2.39 bits per heavy atom. The lowest BCUT2D eigenvalue weighted by Gasteiger charge is -2.13. The molecule has 0 aliphatic carbocycles. The van der Waals surface area contributed by atoms with Crippen LogP contribution in [0, 0.1) is 20.8 Å². The quantitative estimate of drug-likeness (QED) is 0.597. The summed E-state index contributed by atoms with van der Waals surface area (Å²) >= 11 is 1.50. The van der Waals surface area contributed by atoms with E-state index in [0.29, 0.717) is 5.56 Å². The first kappa shape index (κ1) is 19.6. The van der Waals surface area contributed by atoms with Crippen LogP contribution in [-0.2, 0) is 4.79 Å². The summed E-state index contributed by atoms with van der Waals surface area (Å²) in [7, 11) is 0. The molecule has 0 unspecified atom stereocenters. The summed E-state index contributed by atoms with van der Waals surface area (Å²) in [5, 5.41) is 7.59. The molecule has 142 valence electrons. The number of rotatable bonds is 5. The Labute approximate surface area is 168 Å². The van der Waals surface area contributed by atoms with Crippen LogP contribution >= 0.6 is 11.3 Å². The molecule has 0 saturated carbocycles. The first-order chi connectivity index (χ1) is 13.4. The fraction of sp³-hybridized carbons (Fsp3) is 0.130. The maximum atomic E-state index is 12.9. The third-order valence-corrected chi connectivity index (χ3v) is 5.05. The van der Waals surface area contributed by atoms with Crippen LogP contribution in [0.2, 0.25) is 0 Å². The largest absolute Gasteiger partial charge is 0.320 e.